The van der Waals surface area contributed by atoms with Crippen LogP contribution in [0.25, 0.3) is 177 Å². The molecule has 616 valence electrons. The summed E-state index contributed by atoms with van der Waals surface area (Å²) in [7, 11) is 0. The molecule has 0 fully saturated rings. The van der Waals surface area contributed by atoms with Gasteiger partial charge in [0.15, 0.2) is 0 Å². The number of hydrogen-bond donors (Lipinski definition) is 0. The van der Waals surface area contributed by atoms with Crippen LogP contribution in [0, 0.1) is 0 Å². The normalized spacial score (nSPS) is 12.6. The Kier molecular flexibility index (Phi) is 19.6. The number of hydrogen-bond acceptors (Lipinski definition) is 4. The minimum atomic E-state index is -0.191. The monoisotopic (exact) mass is 1660 g/mol. The largest absolute Gasteiger partial charge is 0.456 e. The molecule has 20 aromatic carbocycles. The number of anilines is 6. The highest BCUT2D eigenvalue weighted by atomic mass is 16.3. The Balaban J connectivity index is 0.000000149. The van der Waals surface area contributed by atoms with Crippen molar-refractivity contribution in [2.24, 2.45) is 0 Å². The average molecular weight is 1660 g/mol. The molecule has 0 aliphatic heterocycles. The summed E-state index contributed by atoms with van der Waals surface area (Å²) in [5.41, 5.74) is 44.5. The van der Waals surface area contributed by atoms with E-state index in [2.05, 4.69) is 486 Å². The Hall–Kier alpha value is -16.4. The van der Waals surface area contributed by atoms with Crippen LogP contribution in [0.2, 0.25) is 0 Å². The first-order valence-corrected chi connectivity index (χ1v) is 45.0. The molecule has 0 spiro atoms. The average Bonchev–Trinajstić information content (AvgIpc) is 1.57. The van der Waals surface area contributed by atoms with Gasteiger partial charge in [-0.25, -0.2) is 0 Å². The maximum Gasteiger partial charge on any atom is 0.136 e. The Labute approximate surface area is 758 Å². The van der Waals surface area contributed by atoms with Gasteiger partial charge in [-0.05, 0) is 283 Å². The van der Waals surface area contributed by atoms with Crippen molar-refractivity contribution in [2.45, 2.75) is 38.5 Å². The number of nitrogens with zero attached hydrogens (tertiary/aromatic N) is 2. The first kappa shape index (κ1) is 78.3. The van der Waals surface area contributed by atoms with E-state index in [1.54, 1.807) is 0 Å². The quantitative estimate of drug-likeness (QED) is 0.0965. The molecule has 24 rings (SSSR count). The second kappa shape index (κ2) is 32.5. The molecule has 2 aromatic heterocycles. The van der Waals surface area contributed by atoms with E-state index in [4.69, 9.17) is 8.83 Å². The lowest BCUT2D eigenvalue weighted by molar-refractivity contribution is 0.660. The molecule has 2 heterocycles. The molecule has 130 heavy (non-hydrogen) atoms. The third-order valence-corrected chi connectivity index (χ3v) is 27.0. The summed E-state index contributed by atoms with van der Waals surface area (Å²) in [5.74, 6) is 0. The highest BCUT2D eigenvalue weighted by Crippen LogP contribution is 2.55. The SMILES string of the molecule is CC1(C)c2cc(-c3ccccc3)ccc2-c2ccc(N(c3ccc(-c4ccc(-c5ccc6c(c5)oc5ccccc56)cc4)cc3)c3ccc4c(c3)C(C)(C)c3cc(-c5ccccc5)ccc3-4)cc21.c1ccc(-c2ccc(-c3ccc(N(c4ccc(-c5ccc(-c6ccc7c(c6)oc6ccccc67)cc5)cc4)c4ccc(-c5cccc(-c6ccccc6)c5)cc4)cc3)cc2)cc1. The van der Waals surface area contributed by atoms with Gasteiger partial charge in [0.05, 0.1) is 0 Å². The van der Waals surface area contributed by atoms with E-state index in [0.717, 1.165) is 106 Å². The van der Waals surface area contributed by atoms with Gasteiger partial charge in [-0.2, -0.15) is 0 Å². The lowest BCUT2D eigenvalue weighted by Crippen LogP contribution is -2.18. The molecule has 4 heteroatoms. The highest BCUT2D eigenvalue weighted by Gasteiger charge is 2.39. The third-order valence-electron chi connectivity index (χ3n) is 27.0. The van der Waals surface area contributed by atoms with Gasteiger partial charge in [0.25, 0.3) is 0 Å². The third kappa shape index (κ3) is 14.4. The number of para-hydroxylation sites is 2. The first-order valence-electron chi connectivity index (χ1n) is 45.0. The molecular formula is C126H90N2O2. The van der Waals surface area contributed by atoms with Crippen LogP contribution in [-0.4, -0.2) is 0 Å². The van der Waals surface area contributed by atoms with Crippen LogP contribution >= 0.6 is 0 Å². The summed E-state index contributed by atoms with van der Waals surface area (Å²) < 4.78 is 12.4. The molecule has 2 aliphatic carbocycles. The van der Waals surface area contributed by atoms with Gasteiger partial charge in [-0.3, -0.25) is 0 Å². The number of fused-ring (bicyclic) bond motifs is 12. The van der Waals surface area contributed by atoms with Crippen LogP contribution in [0.15, 0.2) is 482 Å². The molecule has 0 unspecified atom stereocenters. The maximum absolute atomic E-state index is 6.23. The zero-order valence-electron chi connectivity index (χ0n) is 72.7. The number of furan rings is 2. The smallest absolute Gasteiger partial charge is 0.136 e. The molecule has 22 aromatic rings. The van der Waals surface area contributed by atoms with E-state index >= 15 is 0 Å². The molecule has 0 radical (unpaired) electrons. The Morgan fingerprint density at radius 1 is 0.146 bits per heavy atom. The molecular weight excluding hydrogens is 1570 g/mol. The minimum absolute atomic E-state index is 0.191. The molecule has 0 saturated carbocycles. The van der Waals surface area contributed by atoms with Crippen molar-refractivity contribution in [3.05, 3.63) is 495 Å². The zero-order chi connectivity index (χ0) is 87.0. The molecule has 0 saturated heterocycles. The summed E-state index contributed by atoms with van der Waals surface area (Å²) in [6.07, 6.45) is 0. The summed E-state index contributed by atoms with van der Waals surface area (Å²) in [6, 6.07) is 172. The second-order valence-corrected chi connectivity index (χ2v) is 35.5. The highest BCUT2D eigenvalue weighted by molar-refractivity contribution is 6.07. The Morgan fingerprint density at radius 2 is 0.346 bits per heavy atom. The number of benzene rings is 20. The van der Waals surface area contributed by atoms with Gasteiger partial charge in [0.2, 0.25) is 0 Å². The fraction of sp³-hybridized carbons (Fsp3) is 0.0476. The van der Waals surface area contributed by atoms with Crippen LogP contribution in [-0.2, 0) is 10.8 Å². The lowest BCUT2D eigenvalue weighted by Gasteiger charge is -2.30. The summed E-state index contributed by atoms with van der Waals surface area (Å²) in [5, 5.41) is 4.59. The van der Waals surface area contributed by atoms with Crippen molar-refractivity contribution in [3.8, 4) is 134 Å². The molecule has 0 N–H and O–H groups in total. The summed E-state index contributed by atoms with van der Waals surface area (Å²) >= 11 is 0. The van der Waals surface area contributed by atoms with Crippen LogP contribution in [0.4, 0.5) is 34.1 Å². The predicted octanol–water partition coefficient (Wildman–Crippen LogP) is 35.4. The van der Waals surface area contributed by atoms with Gasteiger partial charge in [-0.15, -0.1) is 0 Å². The molecule has 4 nitrogen and oxygen atoms in total. The molecule has 0 amide bonds. The van der Waals surface area contributed by atoms with Crippen molar-refractivity contribution in [1.29, 1.82) is 0 Å². The molecule has 2 aliphatic rings. The van der Waals surface area contributed by atoms with Gasteiger partial charge in [0, 0.05) is 66.5 Å². The van der Waals surface area contributed by atoms with Crippen LogP contribution in [0.1, 0.15) is 49.9 Å². The van der Waals surface area contributed by atoms with Gasteiger partial charge >= 0.3 is 0 Å². The lowest BCUT2D eigenvalue weighted by atomic mass is 9.81. The van der Waals surface area contributed by atoms with E-state index in [1.165, 1.54) is 128 Å². The minimum Gasteiger partial charge on any atom is -0.456 e. The van der Waals surface area contributed by atoms with E-state index < -0.39 is 0 Å². The van der Waals surface area contributed by atoms with E-state index in [0.29, 0.717) is 0 Å². The van der Waals surface area contributed by atoms with Crippen LogP contribution in [0.3, 0.4) is 0 Å². The fourth-order valence-electron chi connectivity index (χ4n) is 20.0. The summed E-state index contributed by atoms with van der Waals surface area (Å²) in [4.78, 5) is 4.80. The van der Waals surface area contributed by atoms with Crippen molar-refractivity contribution < 1.29 is 8.83 Å². The van der Waals surface area contributed by atoms with Crippen molar-refractivity contribution in [1.82, 2.24) is 0 Å². The molecule has 0 bridgehead atoms. The van der Waals surface area contributed by atoms with Gasteiger partial charge in [-0.1, -0.05) is 373 Å². The van der Waals surface area contributed by atoms with Crippen LogP contribution in [0.5, 0.6) is 0 Å². The number of rotatable bonds is 16. The maximum atomic E-state index is 6.23. The van der Waals surface area contributed by atoms with Crippen molar-refractivity contribution >= 4 is 78.0 Å². The standard InChI is InChI=1S/C66H49NO.C60H41NO/c1-65(2)59-37-47(42-13-7-5-8-14-42)25-32-53(59)55-35-30-51(40-61(55)65)67(52-31-36-56-54-33-26-48(43-15-9-6-10-16-43)38-60(54)66(3,4)62(56)41-52)50-28-23-45(24-29-50)44-19-21-46(22-20-44)49-27-34-58-57-17-11-12-18-63(57)68-64(58)39-49;1-3-10-42(11-4-1)44-18-20-45(21-19-44)47-26-33-54(34-27-47)61(56-37-30-50(31-38-56)52-15-9-14-51(40-52)43-12-5-2-6-13-43)55-35-28-48(29-36-55)46-22-24-49(25-23-46)53-32-39-58-57-16-7-8-17-59(57)62-60(58)41-53/h5-41H,1-4H3;1-41H. The zero-order valence-corrected chi connectivity index (χ0v) is 72.7. The molecule has 0 atom stereocenters. The Morgan fingerprint density at radius 3 is 0.669 bits per heavy atom. The van der Waals surface area contributed by atoms with Gasteiger partial charge < -0.3 is 18.6 Å². The van der Waals surface area contributed by atoms with Crippen molar-refractivity contribution in [2.75, 3.05) is 9.80 Å². The van der Waals surface area contributed by atoms with E-state index in [-0.39, 0.29) is 10.8 Å². The predicted molar refractivity (Wildman–Crippen MR) is 546 cm³/mol. The Bertz CT molecular complexity index is 7840. The van der Waals surface area contributed by atoms with Crippen LogP contribution < -0.4 is 9.80 Å². The van der Waals surface area contributed by atoms with E-state index in [9.17, 15) is 0 Å². The second-order valence-electron chi connectivity index (χ2n) is 35.5. The first-order chi connectivity index (χ1) is 63.9. The summed E-state index contributed by atoms with van der Waals surface area (Å²) in [6.45, 7) is 9.54. The van der Waals surface area contributed by atoms with Crippen molar-refractivity contribution in [3.63, 3.8) is 0 Å². The fourth-order valence-corrected chi connectivity index (χ4v) is 20.0. The van der Waals surface area contributed by atoms with Gasteiger partial charge in [0.1, 0.15) is 22.3 Å². The van der Waals surface area contributed by atoms with E-state index in [1.807, 2.05) is 24.3 Å². The topological polar surface area (TPSA) is 32.8 Å².